The molecule has 2 aromatic carbocycles. The minimum atomic E-state index is -0.631. The quantitative estimate of drug-likeness (QED) is 0.781. The molecule has 0 bridgehead atoms. The normalized spacial score (nSPS) is 19.2. The number of hydrogen-bond donors (Lipinski definition) is 1. The van der Waals surface area contributed by atoms with E-state index < -0.39 is 6.10 Å². The minimum absolute atomic E-state index is 0.146. The van der Waals surface area contributed by atoms with Crippen LogP contribution >= 0.6 is 12.2 Å². The van der Waals surface area contributed by atoms with Crippen LogP contribution in [0.3, 0.4) is 0 Å². The SMILES string of the molecule is O=C1NC(=S)O[C@@H]1c1cccc2ccccc12. The Morgan fingerprint density at radius 1 is 1.12 bits per heavy atom. The summed E-state index contributed by atoms with van der Waals surface area (Å²) in [5, 5.41) is 4.74. The lowest BCUT2D eigenvalue weighted by atomic mass is 10.0. The highest BCUT2D eigenvalue weighted by molar-refractivity contribution is 7.80. The summed E-state index contributed by atoms with van der Waals surface area (Å²) in [7, 11) is 0. The second kappa shape index (κ2) is 3.82. The molecule has 4 heteroatoms. The van der Waals surface area contributed by atoms with E-state index in [0.717, 1.165) is 16.3 Å². The molecule has 0 radical (unpaired) electrons. The second-order valence-electron chi connectivity index (χ2n) is 3.84. The highest BCUT2D eigenvalue weighted by Crippen LogP contribution is 2.29. The van der Waals surface area contributed by atoms with Gasteiger partial charge in [-0.15, -0.1) is 0 Å². The fourth-order valence-electron chi connectivity index (χ4n) is 2.04. The summed E-state index contributed by atoms with van der Waals surface area (Å²) in [6, 6.07) is 13.7. The van der Waals surface area contributed by atoms with Crippen molar-refractivity contribution in [2.24, 2.45) is 0 Å². The summed E-state index contributed by atoms with van der Waals surface area (Å²) in [5.74, 6) is -0.202. The van der Waals surface area contributed by atoms with Gasteiger partial charge in [0.1, 0.15) is 0 Å². The fraction of sp³-hybridized carbons (Fsp3) is 0.0769. The zero-order valence-electron chi connectivity index (χ0n) is 8.84. The van der Waals surface area contributed by atoms with Crippen LogP contribution in [0.2, 0.25) is 0 Å². The lowest BCUT2D eigenvalue weighted by Crippen LogP contribution is -2.20. The van der Waals surface area contributed by atoms with E-state index in [1.54, 1.807) is 0 Å². The number of ether oxygens (including phenoxy) is 1. The molecule has 0 saturated carbocycles. The van der Waals surface area contributed by atoms with Crippen LogP contribution in [0.1, 0.15) is 11.7 Å². The molecule has 0 aromatic heterocycles. The molecule has 1 N–H and O–H groups in total. The maximum Gasteiger partial charge on any atom is 0.273 e. The number of hydrogen-bond acceptors (Lipinski definition) is 3. The topological polar surface area (TPSA) is 38.3 Å². The number of benzene rings is 2. The van der Waals surface area contributed by atoms with E-state index >= 15 is 0 Å². The molecule has 1 saturated heterocycles. The summed E-state index contributed by atoms with van der Waals surface area (Å²) in [6.07, 6.45) is -0.631. The monoisotopic (exact) mass is 243 g/mol. The minimum Gasteiger partial charge on any atom is -0.452 e. The summed E-state index contributed by atoms with van der Waals surface area (Å²) in [6.45, 7) is 0. The maximum absolute atomic E-state index is 11.7. The van der Waals surface area contributed by atoms with Gasteiger partial charge in [-0.3, -0.25) is 10.1 Å². The average molecular weight is 243 g/mol. The van der Waals surface area contributed by atoms with Crippen molar-refractivity contribution in [2.45, 2.75) is 6.10 Å². The Morgan fingerprint density at radius 2 is 1.88 bits per heavy atom. The lowest BCUT2D eigenvalue weighted by Gasteiger charge is -2.10. The van der Waals surface area contributed by atoms with Gasteiger partial charge in [-0.1, -0.05) is 42.5 Å². The van der Waals surface area contributed by atoms with Crippen LogP contribution in [0.25, 0.3) is 10.8 Å². The zero-order valence-corrected chi connectivity index (χ0v) is 9.66. The van der Waals surface area contributed by atoms with Gasteiger partial charge in [0.15, 0.2) is 0 Å². The van der Waals surface area contributed by atoms with E-state index in [-0.39, 0.29) is 11.1 Å². The summed E-state index contributed by atoms with van der Waals surface area (Å²) in [4.78, 5) is 11.7. The van der Waals surface area contributed by atoms with Crippen molar-refractivity contribution in [3.8, 4) is 0 Å². The Balaban J connectivity index is 2.17. The highest BCUT2D eigenvalue weighted by Gasteiger charge is 2.32. The number of amides is 1. The Hall–Kier alpha value is -1.94. The Kier molecular flexibility index (Phi) is 2.30. The molecule has 0 unspecified atom stereocenters. The van der Waals surface area contributed by atoms with E-state index in [1.165, 1.54) is 0 Å². The number of fused-ring (bicyclic) bond motifs is 1. The van der Waals surface area contributed by atoms with Gasteiger partial charge in [-0.05, 0) is 23.0 Å². The molecule has 1 fully saturated rings. The van der Waals surface area contributed by atoms with Gasteiger partial charge < -0.3 is 4.74 Å². The first-order chi connectivity index (χ1) is 8.25. The van der Waals surface area contributed by atoms with Gasteiger partial charge in [0.25, 0.3) is 11.1 Å². The highest BCUT2D eigenvalue weighted by atomic mass is 32.1. The summed E-state index contributed by atoms with van der Waals surface area (Å²) in [5.41, 5.74) is 0.848. The largest absolute Gasteiger partial charge is 0.452 e. The average Bonchev–Trinajstić information content (AvgIpc) is 2.68. The van der Waals surface area contributed by atoms with Crippen LogP contribution < -0.4 is 5.32 Å². The van der Waals surface area contributed by atoms with E-state index in [4.69, 9.17) is 17.0 Å². The maximum atomic E-state index is 11.7. The third-order valence-electron chi connectivity index (χ3n) is 2.79. The molecule has 17 heavy (non-hydrogen) atoms. The second-order valence-corrected chi connectivity index (χ2v) is 4.21. The van der Waals surface area contributed by atoms with Crippen LogP contribution in [-0.4, -0.2) is 11.1 Å². The number of nitrogens with one attached hydrogen (secondary N) is 1. The van der Waals surface area contributed by atoms with Crippen LogP contribution in [0.5, 0.6) is 0 Å². The van der Waals surface area contributed by atoms with Crippen molar-refractivity contribution in [2.75, 3.05) is 0 Å². The first kappa shape index (κ1) is 10.2. The van der Waals surface area contributed by atoms with Crippen molar-refractivity contribution in [3.63, 3.8) is 0 Å². The third kappa shape index (κ3) is 1.66. The van der Waals surface area contributed by atoms with E-state index in [2.05, 4.69) is 5.32 Å². The van der Waals surface area contributed by atoms with Crippen LogP contribution in [-0.2, 0) is 9.53 Å². The van der Waals surface area contributed by atoms with Crippen molar-refractivity contribution in [1.82, 2.24) is 5.32 Å². The molecule has 1 amide bonds. The Bertz CT molecular complexity index is 618. The fourth-order valence-corrected chi connectivity index (χ4v) is 2.24. The summed E-state index contributed by atoms with van der Waals surface area (Å²) < 4.78 is 5.34. The first-order valence-corrected chi connectivity index (χ1v) is 5.66. The smallest absolute Gasteiger partial charge is 0.273 e. The molecule has 84 valence electrons. The van der Waals surface area contributed by atoms with Crippen LogP contribution in [0.15, 0.2) is 42.5 Å². The molecule has 1 aliphatic heterocycles. The van der Waals surface area contributed by atoms with E-state index in [9.17, 15) is 4.79 Å². The van der Waals surface area contributed by atoms with Gasteiger partial charge in [0.05, 0.1) is 0 Å². The molecule has 1 heterocycles. The molecule has 2 aromatic rings. The number of thiocarbonyl (C=S) groups is 1. The molecule has 1 atom stereocenters. The number of rotatable bonds is 1. The molecule has 1 aliphatic rings. The Morgan fingerprint density at radius 3 is 2.65 bits per heavy atom. The van der Waals surface area contributed by atoms with Gasteiger partial charge in [-0.25, -0.2) is 0 Å². The van der Waals surface area contributed by atoms with Gasteiger partial charge in [0, 0.05) is 5.56 Å². The van der Waals surface area contributed by atoms with Crippen molar-refractivity contribution in [3.05, 3.63) is 48.0 Å². The number of carbonyl (C=O) groups is 1. The van der Waals surface area contributed by atoms with Gasteiger partial charge >= 0.3 is 0 Å². The predicted octanol–water partition coefficient (Wildman–Crippen LogP) is 2.31. The third-order valence-corrected chi connectivity index (χ3v) is 2.99. The van der Waals surface area contributed by atoms with Crippen molar-refractivity contribution < 1.29 is 9.53 Å². The molecular formula is C13H9NO2S. The Labute approximate surface area is 103 Å². The van der Waals surface area contributed by atoms with Crippen molar-refractivity contribution >= 4 is 34.1 Å². The van der Waals surface area contributed by atoms with Crippen molar-refractivity contribution in [1.29, 1.82) is 0 Å². The van der Waals surface area contributed by atoms with E-state index in [0.29, 0.717) is 0 Å². The number of carbonyl (C=O) groups excluding carboxylic acids is 1. The van der Waals surface area contributed by atoms with Gasteiger partial charge in [-0.2, -0.15) is 0 Å². The standard InChI is InChI=1S/C13H9NO2S/c15-12-11(16-13(17)14-12)10-7-3-5-8-4-1-2-6-9(8)10/h1-7,11H,(H,14,15,17)/t11-/m1/s1. The molecule has 3 nitrogen and oxygen atoms in total. The van der Waals surface area contributed by atoms with Gasteiger partial charge in [0.2, 0.25) is 6.10 Å². The molecular weight excluding hydrogens is 234 g/mol. The summed E-state index contributed by atoms with van der Waals surface area (Å²) >= 11 is 4.84. The molecule has 0 aliphatic carbocycles. The predicted molar refractivity (Wildman–Crippen MR) is 68.5 cm³/mol. The zero-order chi connectivity index (χ0) is 11.8. The van der Waals surface area contributed by atoms with Crippen LogP contribution in [0.4, 0.5) is 0 Å². The van der Waals surface area contributed by atoms with E-state index in [1.807, 2.05) is 42.5 Å². The first-order valence-electron chi connectivity index (χ1n) is 5.25. The lowest BCUT2D eigenvalue weighted by molar-refractivity contribution is -0.123. The van der Waals surface area contributed by atoms with Crippen LogP contribution in [0, 0.1) is 0 Å². The molecule has 3 rings (SSSR count). The molecule has 0 spiro atoms.